The molecule has 1 saturated heterocycles. The van der Waals surface area contributed by atoms with Gasteiger partial charge in [-0.3, -0.25) is 0 Å². The van der Waals surface area contributed by atoms with E-state index >= 15 is 0 Å². The molecule has 0 N–H and O–H groups in total. The Hall–Kier alpha value is -0.150. The fourth-order valence-corrected chi connectivity index (χ4v) is 1.73. The van der Waals surface area contributed by atoms with Crippen LogP contribution >= 0.6 is 36.6 Å². The Labute approximate surface area is 108 Å². The molecule has 0 radical (unpaired) electrons. The number of halogens is 3. The Morgan fingerprint density at radius 1 is 0.867 bits per heavy atom. The summed E-state index contributed by atoms with van der Waals surface area (Å²) in [5.41, 5.74) is 1.30. The van der Waals surface area contributed by atoms with Crippen molar-refractivity contribution in [2.45, 2.75) is 0 Å². The van der Waals surface area contributed by atoms with Crippen molar-refractivity contribution in [3.05, 3.63) is 30.3 Å². The van der Waals surface area contributed by atoms with E-state index in [4.69, 9.17) is 11.8 Å². The minimum Gasteiger partial charge on any atom is -0.369 e. The molecule has 15 heavy (non-hydrogen) atoms. The summed E-state index contributed by atoms with van der Waals surface area (Å²) >= 11 is 5.88. The second-order valence-corrected chi connectivity index (χ2v) is 3.71. The maximum absolute atomic E-state index is 5.88. The van der Waals surface area contributed by atoms with Crippen LogP contribution in [0.3, 0.4) is 0 Å². The van der Waals surface area contributed by atoms with Crippen LogP contribution in [0.5, 0.6) is 0 Å². The van der Waals surface area contributed by atoms with E-state index in [1.54, 1.807) is 0 Å². The fourth-order valence-electron chi connectivity index (χ4n) is 1.58. The molecular weight excluding hydrogens is 254 g/mol. The number of hydrogen-bond acceptors (Lipinski definition) is 2. The highest BCUT2D eigenvalue weighted by Gasteiger charge is 2.14. The first-order valence-corrected chi connectivity index (χ1v) is 4.91. The molecule has 2 rings (SSSR count). The van der Waals surface area contributed by atoms with Gasteiger partial charge in [-0.25, -0.2) is 4.42 Å². The van der Waals surface area contributed by atoms with Crippen LogP contribution in [0.1, 0.15) is 0 Å². The van der Waals surface area contributed by atoms with Crippen LogP contribution in [0.4, 0.5) is 5.69 Å². The molecule has 2 nitrogen and oxygen atoms in total. The zero-order chi connectivity index (χ0) is 9.10. The van der Waals surface area contributed by atoms with Gasteiger partial charge in [0.05, 0.1) is 0 Å². The molecule has 0 aromatic heterocycles. The lowest BCUT2D eigenvalue weighted by Crippen LogP contribution is -2.42. The second kappa shape index (κ2) is 7.18. The van der Waals surface area contributed by atoms with Gasteiger partial charge in [0, 0.05) is 31.9 Å². The van der Waals surface area contributed by atoms with Crippen LogP contribution in [0.25, 0.3) is 0 Å². The molecule has 0 bridgehead atoms. The normalized spacial score (nSPS) is 16.5. The van der Waals surface area contributed by atoms with E-state index in [1.807, 2.05) is 10.5 Å². The Kier molecular flexibility index (Phi) is 7.11. The molecule has 0 amide bonds. The van der Waals surface area contributed by atoms with Gasteiger partial charge in [-0.15, -0.1) is 24.8 Å². The molecule has 1 aromatic rings. The number of anilines is 1. The van der Waals surface area contributed by atoms with Gasteiger partial charge in [0.2, 0.25) is 0 Å². The number of para-hydroxylation sites is 1. The van der Waals surface area contributed by atoms with E-state index in [2.05, 4.69) is 29.2 Å². The number of benzene rings is 1. The highest BCUT2D eigenvalue weighted by Crippen LogP contribution is 2.15. The molecule has 0 aliphatic carbocycles. The SMILES string of the molecule is Cl.Cl.ClN1CCN(c2ccccc2)CC1. The van der Waals surface area contributed by atoms with E-state index in [0.717, 1.165) is 26.2 Å². The van der Waals surface area contributed by atoms with E-state index in [9.17, 15) is 0 Å². The quantitative estimate of drug-likeness (QED) is 0.724. The van der Waals surface area contributed by atoms with Crippen molar-refractivity contribution in [3.63, 3.8) is 0 Å². The summed E-state index contributed by atoms with van der Waals surface area (Å²) in [6.07, 6.45) is 0. The minimum atomic E-state index is 0. The summed E-state index contributed by atoms with van der Waals surface area (Å²) in [4.78, 5) is 2.36. The number of piperazine rings is 1. The molecule has 1 aromatic carbocycles. The van der Waals surface area contributed by atoms with Crippen molar-refractivity contribution >= 4 is 42.3 Å². The van der Waals surface area contributed by atoms with Crippen LogP contribution in [0.2, 0.25) is 0 Å². The third kappa shape index (κ3) is 4.07. The van der Waals surface area contributed by atoms with E-state index < -0.39 is 0 Å². The van der Waals surface area contributed by atoms with Crippen LogP contribution in [0.15, 0.2) is 30.3 Å². The number of rotatable bonds is 1. The first-order valence-electron chi connectivity index (χ1n) is 4.57. The zero-order valence-electron chi connectivity index (χ0n) is 8.30. The predicted octanol–water partition coefficient (Wildman–Crippen LogP) is 2.81. The molecule has 0 spiro atoms. The third-order valence-electron chi connectivity index (χ3n) is 2.35. The predicted molar refractivity (Wildman–Crippen MR) is 70.6 cm³/mol. The molecular formula is C10H15Cl3N2. The highest BCUT2D eigenvalue weighted by atomic mass is 35.5. The monoisotopic (exact) mass is 268 g/mol. The first-order chi connectivity index (χ1) is 6.36. The van der Waals surface area contributed by atoms with Crippen molar-refractivity contribution in [3.8, 4) is 0 Å². The molecule has 0 saturated carbocycles. The average molecular weight is 270 g/mol. The number of nitrogens with zero attached hydrogens (tertiary/aromatic N) is 2. The first kappa shape index (κ1) is 14.8. The van der Waals surface area contributed by atoms with Crippen molar-refractivity contribution in [2.24, 2.45) is 0 Å². The lowest BCUT2D eigenvalue weighted by Gasteiger charge is -2.32. The summed E-state index contributed by atoms with van der Waals surface area (Å²) in [6, 6.07) is 10.5. The summed E-state index contributed by atoms with van der Waals surface area (Å²) in [5.74, 6) is 0. The van der Waals surface area contributed by atoms with Crippen LogP contribution in [-0.4, -0.2) is 30.6 Å². The lowest BCUT2D eigenvalue weighted by molar-refractivity contribution is 0.416. The summed E-state index contributed by atoms with van der Waals surface area (Å²) in [7, 11) is 0. The second-order valence-electron chi connectivity index (χ2n) is 3.23. The molecule has 86 valence electrons. The van der Waals surface area contributed by atoms with Gasteiger partial charge < -0.3 is 4.90 Å². The highest BCUT2D eigenvalue weighted by molar-refractivity contribution is 6.13. The molecule has 0 unspecified atom stereocenters. The zero-order valence-corrected chi connectivity index (χ0v) is 10.7. The topological polar surface area (TPSA) is 6.48 Å². The summed E-state index contributed by atoms with van der Waals surface area (Å²) in [6.45, 7) is 3.92. The maximum Gasteiger partial charge on any atom is 0.0367 e. The Bertz CT molecular complexity index is 261. The van der Waals surface area contributed by atoms with Gasteiger partial charge in [0.1, 0.15) is 0 Å². The lowest BCUT2D eigenvalue weighted by atomic mass is 10.2. The Morgan fingerprint density at radius 3 is 1.93 bits per heavy atom. The van der Waals surface area contributed by atoms with Gasteiger partial charge in [-0.05, 0) is 23.9 Å². The Morgan fingerprint density at radius 2 is 1.40 bits per heavy atom. The molecule has 1 heterocycles. The van der Waals surface area contributed by atoms with Gasteiger partial charge in [-0.1, -0.05) is 18.2 Å². The van der Waals surface area contributed by atoms with Crippen LogP contribution in [0, 0.1) is 0 Å². The number of hydrogen-bond donors (Lipinski definition) is 0. The van der Waals surface area contributed by atoms with Gasteiger partial charge in [0.15, 0.2) is 0 Å². The van der Waals surface area contributed by atoms with Crippen molar-refractivity contribution in [1.82, 2.24) is 4.42 Å². The summed E-state index contributed by atoms with van der Waals surface area (Å²) in [5, 5.41) is 0. The van der Waals surface area contributed by atoms with Crippen LogP contribution in [-0.2, 0) is 0 Å². The van der Waals surface area contributed by atoms with Gasteiger partial charge >= 0.3 is 0 Å². The Balaban J connectivity index is 0.000000980. The smallest absolute Gasteiger partial charge is 0.0367 e. The van der Waals surface area contributed by atoms with E-state index in [0.29, 0.717) is 0 Å². The molecule has 1 aliphatic rings. The minimum absolute atomic E-state index is 0. The van der Waals surface area contributed by atoms with Gasteiger partial charge in [0.25, 0.3) is 0 Å². The maximum atomic E-state index is 5.88. The molecule has 1 fully saturated rings. The summed E-state index contributed by atoms with van der Waals surface area (Å²) < 4.78 is 1.85. The largest absolute Gasteiger partial charge is 0.369 e. The standard InChI is InChI=1S/C10H13ClN2.2ClH/c11-13-8-6-12(7-9-13)10-4-2-1-3-5-10;;/h1-5H,6-9H2;2*1H. The third-order valence-corrected chi connectivity index (χ3v) is 2.68. The van der Waals surface area contributed by atoms with Crippen LogP contribution < -0.4 is 4.90 Å². The van der Waals surface area contributed by atoms with Crippen molar-refractivity contribution < 1.29 is 0 Å². The molecule has 1 aliphatic heterocycles. The molecule has 0 atom stereocenters. The van der Waals surface area contributed by atoms with Gasteiger partial charge in [-0.2, -0.15) is 0 Å². The van der Waals surface area contributed by atoms with E-state index in [1.165, 1.54) is 5.69 Å². The van der Waals surface area contributed by atoms with E-state index in [-0.39, 0.29) is 24.8 Å². The fraction of sp³-hybridized carbons (Fsp3) is 0.400. The van der Waals surface area contributed by atoms with Crippen molar-refractivity contribution in [2.75, 3.05) is 31.1 Å². The van der Waals surface area contributed by atoms with Crippen molar-refractivity contribution in [1.29, 1.82) is 0 Å². The molecule has 5 heteroatoms. The average Bonchev–Trinajstić information content (AvgIpc) is 2.20.